The van der Waals surface area contributed by atoms with E-state index in [1.165, 1.54) is 0 Å². The Kier molecular flexibility index (Phi) is 5.84. The van der Waals surface area contributed by atoms with Crippen molar-refractivity contribution in [3.05, 3.63) is 52.1 Å². The number of benzene rings is 2. The summed E-state index contributed by atoms with van der Waals surface area (Å²) >= 11 is 13.2. The van der Waals surface area contributed by atoms with Crippen LogP contribution in [0, 0.1) is 0 Å². The van der Waals surface area contributed by atoms with Crippen molar-refractivity contribution >= 4 is 52.0 Å². The highest BCUT2D eigenvalue weighted by Gasteiger charge is 2.28. The second kappa shape index (κ2) is 8.56. The summed E-state index contributed by atoms with van der Waals surface area (Å²) in [6.07, 6.45) is 1.78. The molecule has 3 N–H and O–H groups in total. The Morgan fingerprint density at radius 2 is 1.77 bits per heavy atom. The zero-order chi connectivity index (χ0) is 22.1. The predicted octanol–water partition coefficient (Wildman–Crippen LogP) is 4.54. The molecule has 1 aliphatic heterocycles. The van der Waals surface area contributed by atoms with E-state index < -0.39 is 0 Å². The molecule has 2 heterocycles. The summed E-state index contributed by atoms with van der Waals surface area (Å²) in [7, 11) is 5.05. The van der Waals surface area contributed by atoms with E-state index in [1.807, 2.05) is 41.1 Å². The summed E-state index contributed by atoms with van der Waals surface area (Å²) in [5.74, 6) is 2.26. The lowest BCUT2D eigenvalue weighted by atomic mass is 10.2. The van der Waals surface area contributed by atoms with Crippen LogP contribution in [0.3, 0.4) is 0 Å². The molecule has 31 heavy (non-hydrogen) atoms. The summed E-state index contributed by atoms with van der Waals surface area (Å²) in [6.45, 7) is 1.02. The Labute approximate surface area is 190 Å². The van der Waals surface area contributed by atoms with Crippen LogP contribution in [0.15, 0.2) is 36.5 Å². The minimum Gasteiger partial charge on any atom is -0.495 e. The zero-order valence-corrected chi connectivity index (χ0v) is 18.8. The molecule has 162 valence electrons. The summed E-state index contributed by atoms with van der Waals surface area (Å²) in [5, 5.41) is 4.01. The highest BCUT2D eigenvalue weighted by Crippen LogP contribution is 2.47. The maximum Gasteiger partial charge on any atom is 0.229 e. The van der Waals surface area contributed by atoms with E-state index in [0.717, 1.165) is 17.1 Å². The van der Waals surface area contributed by atoms with Gasteiger partial charge in [-0.25, -0.2) is 4.98 Å². The van der Waals surface area contributed by atoms with Gasteiger partial charge in [-0.05, 0) is 12.1 Å². The van der Waals surface area contributed by atoms with Gasteiger partial charge < -0.3 is 30.3 Å². The Morgan fingerprint density at radius 1 is 1.10 bits per heavy atom. The average molecular weight is 461 g/mol. The quantitative estimate of drug-likeness (QED) is 0.536. The van der Waals surface area contributed by atoms with Gasteiger partial charge in [0.1, 0.15) is 27.4 Å². The first-order chi connectivity index (χ1) is 14.9. The smallest absolute Gasteiger partial charge is 0.229 e. The summed E-state index contributed by atoms with van der Waals surface area (Å²) in [5.41, 5.74) is 8.95. The van der Waals surface area contributed by atoms with Gasteiger partial charge in [0.05, 0.1) is 38.0 Å². The fourth-order valence-electron chi connectivity index (χ4n) is 3.51. The number of aromatic nitrogens is 2. The molecule has 8 nitrogen and oxygen atoms in total. The molecular formula is C21H22Cl2N6O2. The topological polar surface area (TPSA) is 88.8 Å². The van der Waals surface area contributed by atoms with E-state index in [-0.39, 0.29) is 0 Å². The average Bonchev–Trinajstić information content (AvgIpc) is 2.76. The molecule has 1 aromatic heterocycles. The number of para-hydroxylation sites is 2. The number of rotatable bonds is 5. The Morgan fingerprint density at radius 3 is 2.42 bits per heavy atom. The molecule has 0 spiro atoms. The fraction of sp³-hybridized carbons (Fsp3) is 0.238. The highest BCUT2D eigenvalue weighted by molar-refractivity contribution is 6.41. The van der Waals surface area contributed by atoms with Gasteiger partial charge in [0.2, 0.25) is 5.95 Å². The molecule has 0 saturated heterocycles. The van der Waals surface area contributed by atoms with Crippen LogP contribution in [-0.4, -0.2) is 37.9 Å². The molecule has 1 aliphatic rings. The largest absolute Gasteiger partial charge is 0.495 e. The van der Waals surface area contributed by atoms with E-state index in [4.69, 9.17) is 38.4 Å². The van der Waals surface area contributed by atoms with Gasteiger partial charge in [-0.3, -0.25) is 0 Å². The van der Waals surface area contributed by atoms with Crippen LogP contribution < -0.4 is 30.3 Å². The number of methoxy groups -OCH3 is 2. The van der Waals surface area contributed by atoms with Crippen LogP contribution in [0.25, 0.3) is 0 Å². The molecule has 3 aromatic rings. The van der Waals surface area contributed by atoms with Crippen molar-refractivity contribution in [1.82, 2.24) is 9.97 Å². The van der Waals surface area contributed by atoms with E-state index in [0.29, 0.717) is 52.1 Å². The van der Waals surface area contributed by atoms with Crippen LogP contribution >= 0.6 is 23.2 Å². The number of nitrogens with one attached hydrogen (secondary N) is 1. The Bertz CT molecular complexity index is 1100. The lowest BCUT2D eigenvalue weighted by Crippen LogP contribution is -2.41. The zero-order valence-electron chi connectivity index (χ0n) is 17.3. The monoisotopic (exact) mass is 460 g/mol. The third-order valence-corrected chi connectivity index (χ3v) is 5.75. The standard InChI is InChI=1S/C21H22Cl2N6O2/c1-28-11-29(19-17(22)15(30-2)8-16(31-3)18(19)23)10-12-9-25-21(27-20(12)28)26-14-7-5-4-6-13(14)24/h4-9H,10-11,24H2,1-3H3,(H,25,26,27). The number of halogens is 2. The van der Waals surface area contributed by atoms with Crippen LogP contribution in [-0.2, 0) is 6.54 Å². The van der Waals surface area contributed by atoms with Gasteiger partial charge in [0, 0.05) is 31.4 Å². The number of hydrogen-bond acceptors (Lipinski definition) is 8. The van der Waals surface area contributed by atoms with Crippen molar-refractivity contribution in [3.8, 4) is 11.5 Å². The van der Waals surface area contributed by atoms with Crippen molar-refractivity contribution in [2.24, 2.45) is 0 Å². The van der Waals surface area contributed by atoms with E-state index in [9.17, 15) is 0 Å². The van der Waals surface area contributed by atoms with Crippen molar-refractivity contribution in [3.63, 3.8) is 0 Å². The maximum atomic E-state index is 6.60. The van der Waals surface area contributed by atoms with Gasteiger partial charge in [0.25, 0.3) is 0 Å². The number of ether oxygens (including phenoxy) is 2. The fourth-order valence-corrected chi connectivity index (χ4v) is 4.25. The van der Waals surface area contributed by atoms with Crippen molar-refractivity contribution in [2.45, 2.75) is 6.54 Å². The summed E-state index contributed by atoms with van der Waals surface area (Å²) in [4.78, 5) is 13.2. The first-order valence-corrected chi connectivity index (χ1v) is 10.2. The third-order valence-electron chi connectivity index (χ3n) is 5.02. The lowest BCUT2D eigenvalue weighted by Gasteiger charge is -2.37. The molecular weight excluding hydrogens is 439 g/mol. The number of nitrogens with zero attached hydrogens (tertiary/aromatic N) is 4. The minimum atomic E-state index is 0.420. The number of nitrogen functional groups attached to an aromatic ring is 1. The molecule has 0 atom stereocenters. The first kappa shape index (κ1) is 21.1. The normalized spacial score (nSPS) is 13.1. The van der Waals surface area contributed by atoms with Gasteiger partial charge in [-0.15, -0.1) is 0 Å². The second-order valence-corrected chi connectivity index (χ2v) is 7.81. The van der Waals surface area contributed by atoms with Gasteiger partial charge in [-0.2, -0.15) is 4.98 Å². The molecule has 0 saturated carbocycles. The Hall–Kier alpha value is -3.10. The van der Waals surface area contributed by atoms with Crippen LogP contribution in [0.4, 0.5) is 28.8 Å². The molecule has 0 fully saturated rings. The van der Waals surface area contributed by atoms with E-state index in [2.05, 4.69) is 15.3 Å². The molecule has 0 amide bonds. The summed E-state index contributed by atoms with van der Waals surface area (Å²) in [6, 6.07) is 9.15. The van der Waals surface area contributed by atoms with Crippen molar-refractivity contribution < 1.29 is 9.47 Å². The molecule has 10 heteroatoms. The first-order valence-electron chi connectivity index (χ1n) is 9.46. The Balaban J connectivity index is 1.67. The molecule has 0 bridgehead atoms. The van der Waals surface area contributed by atoms with Crippen molar-refractivity contribution in [1.29, 1.82) is 0 Å². The van der Waals surface area contributed by atoms with Crippen LogP contribution in [0.5, 0.6) is 11.5 Å². The molecule has 0 unspecified atom stereocenters. The van der Waals surface area contributed by atoms with Gasteiger partial charge >= 0.3 is 0 Å². The number of nitrogens with two attached hydrogens (primary N) is 1. The van der Waals surface area contributed by atoms with Crippen LogP contribution in [0.1, 0.15) is 5.56 Å². The molecule has 0 radical (unpaired) electrons. The second-order valence-electron chi connectivity index (χ2n) is 7.05. The molecule has 2 aromatic carbocycles. The number of anilines is 5. The molecule has 0 aliphatic carbocycles. The maximum absolute atomic E-state index is 6.60. The van der Waals surface area contributed by atoms with E-state index >= 15 is 0 Å². The third kappa shape index (κ3) is 3.96. The SMILES string of the molecule is COc1cc(OC)c(Cl)c(N2Cc3cnc(Nc4ccccc4N)nc3N(C)C2)c1Cl. The summed E-state index contributed by atoms with van der Waals surface area (Å²) < 4.78 is 10.8. The molecule has 4 rings (SSSR count). The lowest BCUT2D eigenvalue weighted by molar-refractivity contribution is 0.394. The van der Waals surface area contributed by atoms with Gasteiger partial charge in [-0.1, -0.05) is 35.3 Å². The van der Waals surface area contributed by atoms with Gasteiger partial charge in [0.15, 0.2) is 0 Å². The number of fused-ring (bicyclic) bond motifs is 1. The van der Waals surface area contributed by atoms with Crippen molar-refractivity contribution in [2.75, 3.05) is 48.8 Å². The van der Waals surface area contributed by atoms with E-state index in [1.54, 1.807) is 26.5 Å². The number of hydrogen-bond donors (Lipinski definition) is 2. The van der Waals surface area contributed by atoms with Crippen LogP contribution in [0.2, 0.25) is 10.0 Å². The highest BCUT2D eigenvalue weighted by atomic mass is 35.5. The minimum absolute atomic E-state index is 0.420. The predicted molar refractivity (Wildman–Crippen MR) is 125 cm³/mol.